The van der Waals surface area contributed by atoms with Gasteiger partial charge in [0.05, 0.1) is 12.7 Å². The van der Waals surface area contributed by atoms with E-state index in [9.17, 15) is 14.7 Å². The summed E-state index contributed by atoms with van der Waals surface area (Å²) < 4.78 is 11.4. The van der Waals surface area contributed by atoms with E-state index in [1.165, 1.54) is 12.0 Å². The van der Waals surface area contributed by atoms with E-state index in [1.807, 2.05) is 0 Å². The Kier molecular flexibility index (Phi) is 5.17. The molecule has 0 saturated carbocycles. The van der Waals surface area contributed by atoms with E-state index in [1.54, 1.807) is 61.5 Å². The fraction of sp³-hybridized carbons (Fsp3) is 0.136. The summed E-state index contributed by atoms with van der Waals surface area (Å²) in [5.41, 5.74) is 0.901. The van der Waals surface area contributed by atoms with Crippen molar-refractivity contribution >= 4 is 39.2 Å². The second-order valence-corrected chi connectivity index (χ2v) is 7.63. The van der Waals surface area contributed by atoms with Crippen LogP contribution in [0.3, 0.4) is 0 Å². The highest BCUT2D eigenvalue weighted by Gasteiger charge is 2.49. The van der Waals surface area contributed by atoms with Gasteiger partial charge >= 0.3 is 5.91 Å². The number of benzene rings is 2. The van der Waals surface area contributed by atoms with E-state index in [-0.39, 0.29) is 17.2 Å². The van der Waals surface area contributed by atoms with Crippen molar-refractivity contribution < 1.29 is 24.0 Å². The summed E-state index contributed by atoms with van der Waals surface area (Å²) in [4.78, 5) is 27.3. The molecule has 1 aliphatic rings. The van der Waals surface area contributed by atoms with Crippen LogP contribution in [0.15, 0.2) is 69.2 Å². The number of aliphatic hydroxyl groups is 1. The maximum Gasteiger partial charge on any atom is 0.301 e. The summed E-state index contributed by atoms with van der Waals surface area (Å²) in [6, 6.07) is 14.4. The third-order valence-electron chi connectivity index (χ3n) is 4.86. The number of rotatable bonds is 4. The number of carbonyl (C=O) groups is 2. The molecule has 0 bridgehead atoms. The lowest BCUT2D eigenvalue weighted by Gasteiger charge is -2.24. The van der Waals surface area contributed by atoms with Gasteiger partial charge in [-0.15, -0.1) is 0 Å². The Labute approximate surface area is 180 Å². The fourth-order valence-corrected chi connectivity index (χ4v) is 3.75. The van der Waals surface area contributed by atoms with Gasteiger partial charge in [0, 0.05) is 21.7 Å². The van der Waals surface area contributed by atoms with Crippen molar-refractivity contribution in [3.05, 3.63) is 81.5 Å². The van der Waals surface area contributed by atoms with Crippen LogP contribution in [0.25, 0.3) is 5.76 Å². The van der Waals surface area contributed by atoms with Gasteiger partial charge in [-0.2, -0.15) is 0 Å². The molecule has 8 heteroatoms. The molecular formula is C22H17BrN2O5. The molecule has 1 saturated heterocycles. The first kappa shape index (κ1) is 19.9. The van der Waals surface area contributed by atoms with E-state index in [0.717, 1.165) is 4.47 Å². The quantitative estimate of drug-likeness (QED) is 0.347. The van der Waals surface area contributed by atoms with E-state index in [2.05, 4.69) is 21.1 Å². The first-order valence-corrected chi connectivity index (χ1v) is 9.85. The topological polar surface area (TPSA) is 92.9 Å². The third kappa shape index (κ3) is 3.29. The van der Waals surface area contributed by atoms with Crippen LogP contribution in [0, 0.1) is 6.92 Å². The predicted octanol–water partition coefficient (Wildman–Crippen LogP) is 4.38. The molecule has 3 aromatic rings. The number of aryl methyl sites for hydroxylation is 1. The summed E-state index contributed by atoms with van der Waals surface area (Å²) in [5, 5.41) is 15.0. The molecule has 7 nitrogen and oxygen atoms in total. The number of hydrogen-bond acceptors (Lipinski definition) is 6. The largest absolute Gasteiger partial charge is 0.507 e. The molecule has 1 N–H and O–H groups in total. The summed E-state index contributed by atoms with van der Waals surface area (Å²) in [6.45, 7) is 1.69. The number of carbonyl (C=O) groups excluding carboxylic acids is 2. The molecule has 0 unspecified atom stereocenters. The maximum atomic E-state index is 13.0. The number of methoxy groups -OCH3 is 1. The summed E-state index contributed by atoms with van der Waals surface area (Å²) >= 11 is 3.35. The summed E-state index contributed by atoms with van der Waals surface area (Å²) in [6.07, 6.45) is 0. The van der Waals surface area contributed by atoms with Crippen LogP contribution in [0.1, 0.15) is 22.9 Å². The van der Waals surface area contributed by atoms with Crippen molar-refractivity contribution in [3.63, 3.8) is 0 Å². The molecule has 0 radical (unpaired) electrons. The molecule has 152 valence electrons. The van der Waals surface area contributed by atoms with Gasteiger partial charge in [-0.05, 0) is 25.1 Å². The number of nitrogens with zero attached hydrogens (tertiary/aromatic N) is 2. The smallest absolute Gasteiger partial charge is 0.301 e. The fourth-order valence-electron chi connectivity index (χ4n) is 3.49. The first-order chi connectivity index (χ1) is 14.4. The molecule has 4 rings (SSSR count). The van der Waals surface area contributed by atoms with Crippen LogP contribution in [-0.4, -0.2) is 29.1 Å². The number of hydrogen-bond donors (Lipinski definition) is 1. The molecule has 2 heterocycles. The number of aliphatic hydroxyl groups excluding tert-OH is 1. The lowest BCUT2D eigenvalue weighted by molar-refractivity contribution is -0.132. The average Bonchev–Trinajstić information content (AvgIpc) is 3.29. The Balaban J connectivity index is 1.98. The first-order valence-electron chi connectivity index (χ1n) is 9.05. The monoisotopic (exact) mass is 468 g/mol. The summed E-state index contributed by atoms with van der Waals surface area (Å²) in [5.74, 6) is -0.764. The third-order valence-corrected chi connectivity index (χ3v) is 5.39. The van der Waals surface area contributed by atoms with Crippen LogP contribution in [0.4, 0.5) is 5.82 Å². The number of amides is 1. The number of Topliss-reactive ketones (excluding diaryl/α,β-unsaturated/α-hetero) is 1. The second-order valence-electron chi connectivity index (χ2n) is 6.71. The van der Waals surface area contributed by atoms with Gasteiger partial charge in [-0.1, -0.05) is 51.4 Å². The molecule has 0 spiro atoms. The number of para-hydroxylation sites is 1. The lowest BCUT2D eigenvalue weighted by Crippen LogP contribution is -2.29. The second kappa shape index (κ2) is 7.79. The van der Waals surface area contributed by atoms with Gasteiger partial charge in [0.15, 0.2) is 5.82 Å². The van der Waals surface area contributed by atoms with Gasteiger partial charge in [0.2, 0.25) is 0 Å². The van der Waals surface area contributed by atoms with Crippen LogP contribution in [-0.2, 0) is 9.59 Å². The van der Waals surface area contributed by atoms with Crippen LogP contribution in [0.2, 0.25) is 0 Å². The van der Waals surface area contributed by atoms with Crippen molar-refractivity contribution in [2.75, 3.05) is 12.0 Å². The number of halogens is 1. The van der Waals surface area contributed by atoms with Crippen LogP contribution >= 0.6 is 15.9 Å². The Bertz CT molecular complexity index is 1170. The van der Waals surface area contributed by atoms with Gasteiger partial charge in [-0.25, -0.2) is 0 Å². The zero-order chi connectivity index (χ0) is 21.4. The zero-order valence-electron chi connectivity index (χ0n) is 16.1. The van der Waals surface area contributed by atoms with Crippen molar-refractivity contribution in [2.45, 2.75) is 13.0 Å². The average molecular weight is 469 g/mol. The number of aromatic nitrogens is 1. The Morgan fingerprint density at radius 1 is 1.17 bits per heavy atom. The van der Waals surface area contributed by atoms with Crippen LogP contribution in [0.5, 0.6) is 5.75 Å². The SMILES string of the molecule is COc1ccccc1[C@H]1/C(=C(\O)c2ccc(Br)cc2)C(=O)C(=O)N1c1cc(C)on1. The minimum atomic E-state index is -0.936. The molecule has 30 heavy (non-hydrogen) atoms. The highest BCUT2D eigenvalue weighted by atomic mass is 79.9. The van der Waals surface area contributed by atoms with E-state index in [4.69, 9.17) is 9.26 Å². The number of anilines is 1. The van der Waals surface area contributed by atoms with Crippen molar-refractivity contribution in [3.8, 4) is 5.75 Å². The normalized spacial score (nSPS) is 18.1. The molecule has 1 aromatic heterocycles. The molecule has 2 aromatic carbocycles. The lowest BCUT2D eigenvalue weighted by atomic mass is 9.94. The summed E-state index contributed by atoms with van der Waals surface area (Å²) in [7, 11) is 1.50. The van der Waals surface area contributed by atoms with E-state index >= 15 is 0 Å². The Hall–Kier alpha value is -3.39. The van der Waals surface area contributed by atoms with Gasteiger partial charge in [-0.3, -0.25) is 14.5 Å². The molecule has 1 amide bonds. The van der Waals surface area contributed by atoms with Gasteiger partial charge in [0.25, 0.3) is 5.78 Å². The molecule has 1 fully saturated rings. The minimum Gasteiger partial charge on any atom is -0.507 e. The van der Waals surface area contributed by atoms with Crippen molar-refractivity contribution in [1.29, 1.82) is 0 Å². The van der Waals surface area contributed by atoms with Gasteiger partial charge in [0.1, 0.15) is 23.3 Å². The van der Waals surface area contributed by atoms with Gasteiger partial charge < -0.3 is 14.4 Å². The molecular weight excluding hydrogens is 452 g/mol. The predicted molar refractivity (Wildman–Crippen MR) is 113 cm³/mol. The maximum absolute atomic E-state index is 13.0. The van der Waals surface area contributed by atoms with Crippen molar-refractivity contribution in [1.82, 2.24) is 5.16 Å². The molecule has 0 aliphatic carbocycles. The van der Waals surface area contributed by atoms with Crippen molar-refractivity contribution in [2.24, 2.45) is 0 Å². The zero-order valence-corrected chi connectivity index (χ0v) is 17.7. The number of ketones is 1. The number of ether oxygens (including phenoxy) is 1. The minimum absolute atomic E-state index is 0.0486. The molecule has 1 atom stereocenters. The Morgan fingerprint density at radius 2 is 1.87 bits per heavy atom. The highest BCUT2D eigenvalue weighted by Crippen LogP contribution is 2.44. The molecule has 1 aliphatic heterocycles. The highest BCUT2D eigenvalue weighted by molar-refractivity contribution is 9.10. The van der Waals surface area contributed by atoms with Crippen LogP contribution < -0.4 is 9.64 Å². The Morgan fingerprint density at radius 3 is 2.50 bits per heavy atom. The standard InChI is InChI=1S/C22H17BrN2O5/c1-12-11-17(24-30-12)25-19(15-5-3-4-6-16(15)29-2)18(21(27)22(25)28)20(26)13-7-9-14(23)10-8-13/h3-11,19,26H,1-2H3/b20-18+/t19-/m0/s1. The van der Waals surface area contributed by atoms with E-state index in [0.29, 0.717) is 22.6 Å². The van der Waals surface area contributed by atoms with E-state index < -0.39 is 17.7 Å².